The maximum atomic E-state index is 14.2. The third kappa shape index (κ3) is 9.82. The standard InChI is InChI=1S/C37H38ClFN6O3S.ClH/c1-26(31-20-40-41-21-31)34-23-45(37(42-36(34)47)49-25-28-4-12-33(39)13-5-28)24-35(46)44(15-14-43-16-18-48-19-17-43)22-27-2-6-29(7-3-27)30-8-10-32(38)11-9-30;/h2-13,20-21,23,26H,14-19,22,24-25H2,1H3,(H,40,41);1H. The molecule has 1 unspecified atom stereocenters. The van der Waals surface area contributed by atoms with Gasteiger partial charge in [0.05, 0.1) is 19.4 Å². The van der Waals surface area contributed by atoms with Crippen LogP contribution in [0.25, 0.3) is 11.1 Å². The molecule has 2 aromatic heterocycles. The number of morpholine rings is 1. The van der Waals surface area contributed by atoms with Gasteiger partial charge in [-0.25, -0.2) is 4.39 Å². The highest BCUT2D eigenvalue weighted by molar-refractivity contribution is 7.98. The van der Waals surface area contributed by atoms with Crippen LogP contribution in [-0.4, -0.2) is 74.8 Å². The summed E-state index contributed by atoms with van der Waals surface area (Å²) in [6, 6.07) is 22.2. The number of ether oxygens (including phenoxy) is 1. The summed E-state index contributed by atoms with van der Waals surface area (Å²) in [5.74, 6) is -0.235. The van der Waals surface area contributed by atoms with Crippen molar-refractivity contribution in [3.8, 4) is 11.1 Å². The van der Waals surface area contributed by atoms with Crippen molar-refractivity contribution in [3.05, 3.63) is 135 Å². The van der Waals surface area contributed by atoms with E-state index in [9.17, 15) is 14.0 Å². The van der Waals surface area contributed by atoms with Gasteiger partial charge in [-0.15, -0.1) is 12.4 Å². The van der Waals surface area contributed by atoms with Gasteiger partial charge < -0.3 is 14.2 Å². The SMILES string of the molecule is CC(c1cn[nH]c1)c1cn(CC(=O)N(CCN2CCOCC2)Cc2ccc(-c3ccc(Cl)cc3)cc2)c(SCc2ccc(F)cc2)nc1=O.Cl. The second-order valence-electron chi connectivity index (χ2n) is 12.1. The molecule has 1 aliphatic heterocycles. The summed E-state index contributed by atoms with van der Waals surface area (Å²) in [5.41, 5.74) is 4.97. The highest BCUT2D eigenvalue weighted by atomic mass is 35.5. The summed E-state index contributed by atoms with van der Waals surface area (Å²) < 4.78 is 20.8. The van der Waals surface area contributed by atoms with Gasteiger partial charge in [-0.2, -0.15) is 10.1 Å². The Balaban J connectivity index is 0.00000486. The quantitative estimate of drug-likeness (QED) is 0.107. The zero-order valence-electron chi connectivity index (χ0n) is 27.6. The van der Waals surface area contributed by atoms with E-state index in [2.05, 4.69) is 44.3 Å². The highest BCUT2D eigenvalue weighted by Gasteiger charge is 2.22. The number of benzene rings is 3. The number of nitrogens with zero attached hydrogens (tertiary/aromatic N) is 5. The van der Waals surface area contributed by atoms with Gasteiger partial charge >= 0.3 is 0 Å². The molecule has 13 heteroatoms. The van der Waals surface area contributed by atoms with Crippen LogP contribution in [0, 0.1) is 5.82 Å². The molecule has 1 aliphatic rings. The molecule has 0 spiro atoms. The number of carbonyl (C=O) groups is 1. The first-order valence-corrected chi connectivity index (χ1v) is 17.6. The molecular formula is C37H39Cl2FN6O3S. The van der Waals surface area contributed by atoms with Crippen molar-refractivity contribution in [1.82, 2.24) is 29.5 Å². The predicted molar refractivity (Wildman–Crippen MR) is 197 cm³/mol. The Labute approximate surface area is 306 Å². The van der Waals surface area contributed by atoms with E-state index in [4.69, 9.17) is 16.3 Å². The van der Waals surface area contributed by atoms with Crippen LogP contribution < -0.4 is 5.56 Å². The molecule has 1 N–H and O–H groups in total. The van der Waals surface area contributed by atoms with Crippen molar-refractivity contribution in [3.63, 3.8) is 0 Å². The minimum atomic E-state index is -0.357. The van der Waals surface area contributed by atoms with Crippen molar-refractivity contribution in [2.24, 2.45) is 0 Å². The first kappa shape index (κ1) is 37.3. The molecule has 3 heterocycles. The molecule has 0 bridgehead atoms. The number of thioether (sulfide) groups is 1. The fourth-order valence-electron chi connectivity index (χ4n) is 5.72. The number of nitrogens with one attached hydrogen (secondary N) is 1. The van der Waals surface area contributed by atoms with Gasteiger partial charge in [0, 0.05) is 67.4 Å². The Hall–Kier alpha value is -4.00. The number of hydrogen-bond donors (Lipinski definition) is 1. The van der Waals surface area contributed by atoms with Crippen LogP contribution >= 0.6 is 35.8 Å². The maximum absolute atomic E-state index is 14.2. The lowest BCUT2D eigenvalue weighted by molar-refractivity contribution is -0.133. The highest BCUT2D eigenvalue weighted by Crippen LogP contribution is 2.26. The molecule has 9 nitrogen and oxygen atoms in total. The first-order chi connectivity index (χ1) is 23.8. The van der Waals surface area contributed by atoms with Crippen LogP contribution in [-0.2, 0) is 28.4 Å². The van der Waals surface area contributed by atoms with Gasteiger partial charge in [-0.05, 0) is 52.1 Å². The van der Waals surface area contributed by atoms with Crippen molar-refractivity contribution in [2.45, 2.75) is 36.8 Å². The van der Waals surface area contributed by atoms with E-state index in [0.29, 0.717) is 47.8 Å². The number of amides is 1. The lowest BCUT2D eigenvalue weighted by Gasteiger charge is -2.30. The summed E-state index contributed by atoms with van der Waals surface area (Å²) >= 11 is 7.43. The smallest absolute Gasteiger partial charge is 0.277 e. The molecule has 3 aromatic carbocycles. The van der Waals surface area contributed by atoms with Crippen LogP contribution in [0.5, 0.6) is 0 Å². The third-order valence-electron chi connectivity index (χ3n) is 8.70. The van der Waals surface area contributed by atoms with Gasteiger partial charge in [0.1, 0.15) is 12.4 Å². The fraction of sp³-hybridized carbons (Fsp3) is 0.297. The second kappa shape index (κ2) is 17.8. The molecule has 262 valence electrons. The lowest BCUT2D eigenvalue weighted by atomic mass is 9.98. The zero-order chi connectivity index (χ0) is 34.2. The summed E-state index contributed by atoms with van der Waals surface area (Å²) in [4.78, 5) is 36.2. The average Bonchev–Trinajstić information content (AvgIpc) is 3.67. The number of carbonyl (C=O) groups excluding carboxylic acids is 1. The normalized spacial score (nSPS) is 13.8. The molecule has 0 radical (unpaired) electrons. The summed E-state index contributed by atoms with van der Waals surface area (Å²) in [5, 5.41) is 7.96. The fourth-order valence-corrected chi connectivity index (χ4v) is 6.76. The largest absolute Gasteiger partial charge is 0.379 e. The molecule has 1 saturated heterocycles. The van der Waals surface area contributed by atoms with Crippen LogP contribution in [0.2, 0.25) is 5.02 Å². The Bertz CT molecular complexity index is 1890. The van der Waals surface area contributed by atoms with Gasteiger partial charge in [0.25, 0.3) is 5.56 Å². The first-order valence-electron chi connectivity index (χ1n) is 16.2. The van der Waals surface area contributed by atoms with E-state index < -0.39 is 0 Å². The van der Waals surface area contributed by atoms with E-state index in [1.54, 1.807) is 35.3 Å². The molecule has 1 fully saturated rings. The van der Waals surface area contributed by atoms with E-state index in [1.807, 2.05) is 36.1 Å². The molecule has 50 heavy (non-hydrogen) atoms. The third-order valence-corrected chi connectivity index (χ3v) is 10.0. The lowest BCUT2D eigenvalue weighted by Crippen LogP contribution is -2.43. The van der Waals surface area contributed by atoms with Crippen molar-refractivity contribution < 1.29 is 13.9 Å². The van der Waals surface area contributed by atoms with Crippen molar-refractivity contribution in [1.29, 1.82) is 0 Å². The van der Waals surface area contributed by atoms with Crippen LogP contribution in [0.4, 0.5) is 4.39 Å². The summed E-state index contributed by atoms with van der Waals surface area (Å²) in [7, 11) is 0. The Morgan fingerprint density at radius 1 is 1.02 bits per heavy atom. The number of hydrogen-bond acceptors (Lipinski definition) is 7. The topological polar surface area (TPSA) is 96.3 Å². The number of rotatable bonds is 13. The van der Waals surface area contributed by atoms with Gasteiger partial charge in [0.2, 0.25) is 5.91 Å². The predicted octanol–water partition coefficient (Wildman–Crippen LogP) is 6.65. The molecule has 5 aromatic rings. The minimum absolute atomic E-state index is 0. The zero-order valence-corrected chi connectivity index (χ0v) is 30.0. The molecule has 1 atom stereocenters. The summed E-state index contributed by atoms with van der Waals surface area (Å²) in [6.45, 7) is 6.58. The number of aromatic nitrogens is 4. The van der Waals surface area contributed by atoms with E-state index in [-0.39, 0.29) is 42.2 Å². The Morgan fingerprint density at radius 3 is 2.34 bits per heavy atom. The van der Waals surface area contributed by atoms with Gasteiger partial charge in [-0.1, -0.05) is 78.8 Å². The van der Waals surface area contributed by atoms with Crippen molar-refractivity contribution in [2.75, 3.05) is 39.4 Å². The van der Waals surface area contributed by atoms with Crippen LogP contribution in [0.3, 0.4) is 0 Å². The van der Waals surface area contributed by atoms with Gasteiger partial charge in [0.15, 0.2) is 5.16 Å². The Kier molecular flexibility index (Phi) is 13.2. The second-order valence-corrected chi connectivity index (χ2v) is 13.4. The summed E-state index contributed by atoms with van der Waals surface area (Å²) in [6.07, 6.45) is 5.18. The van der Waals surface area contributed by atoms with E-state index in [1.165, 1.54) is 23.9 Å². The molecule has 0 aliphatic carbocycles. The van der Waals surface area contributed by atoms with Crippen LogP contribution in [0.1, 0.15) is 35.1 Å². The monoisotopic (exact) mass is 736 g/mol. The average molecular weight is 738 g/mol. The molecule has 1 amide bonds. The number of halogens is 3. The minimum Gasteiger partial charge on any atom is -0.379 e. The Morgan fingerprint density at radius 2 is 1.68 bits per heavy atom. The van der Waals surface area contributed by atoms with Gasteiger partial charge in [-0.3, -0.25) is 19.6 Å². The number of aromatic amines is 1. The van der Waals surface area contributed by atoms with Crippen molar-refractivity contribution >= 4 is 41.7 Å². The van der Waals surface area contributed by atoms with E-state index >= 15 is 0 Å². The van der Waals surface area contributed by atoms with E-state index in [0.717, 1.165) is 47.5 Å². The maximum Gasteiger partial charge on any atom is 0.277 e. The molecule has 6 rings (SSSR count). The number of H-pyrrole nitrogens is 1. The van der Waals surface area contributed by atoms with Crippen LogP contribution in [0.15, 0.2) is 101 Å². The molecular weight excluding hydrogens is 698 g/mol. The molecule has 0 saturated carbocycles.